The fourth-order valence-electron chi connectivity index (χ4n) is 0.890. The summed E-state index contributed by atoms with van der Waals surface area (Å²) < 4.78 is 1.33. The molecule has 5 nitrogen and oxygen atoms in total. The van der Waals surface area contributed by atoms with Gasteiger partial charge in [0.25, 0.3) is 5.91 Å². The van der Waals surface area contributed by atoms with Crippen molar-refractivity contribution in [1.29, 1.82) is 0 Å². The van der Waals surface area contributed by atoms with E-state index in [9.17, 15) is 9.59 Å². The first kappa shape index (κ1) is 13.1. The molecule has 1 amide bonds. The van der Waals surface area contributed by atoms with E-state index in [1.54, 1.807) is 18.2 Å². The predicted molar refractivity (Wildman–Crippen MR) is 62.9 cm³/mol. The van der Waals surface area contributed by atoms with Crippen molar-refractivity contribution in [3.8, 4) is 0 Å². The fraction of sp³-hybridized carbons (Fsp3) is 0.111. The number of benzene rings is 1. The van der Waals surface area contributed by atoms with Gasteiger partial charge >= 0.3 is 5.97 Å². The minimum Gasteiger partial charge on any atom is -0.479 e. The smallest absolute Gasteiger partial charge is 0.332 e. The molecule has 0 aliphatic heterocycles. The van der Waals surface area contributed by atoms with Crippen molar-refractivity contribution in [2.45, 2.75) is 0 Å². The molecule has 0 fully saturated rings. The zero-order chi connectivity index (χ0) is 12.1. The molecule has 1 rings (SSSR count). The third kappa shape index (κ3) is 3.92. The number of carboxylic acids is 1. The first-order valence-electron chi connectivity index (χ1n) is 4.09. The molecule has 0 heterocycles. The summed E-state index contributed by atoms with van der Waals surface area (Å²) >= 11 is 6.42. The zero-order valence-corrected chi connectivity index (χ0v) is 11.0. The number of hydrogen-bond donors (Lipinski definition) is 2. The van der Waals surface area contributed by atoms with Crippen LogP contribution in [0.3, 0.4) is 0 Å². The summed E-state index contributed by atoms with van der Waals surface area (Å²) in [5.74, 6) is -1.68. The largest absolute Gasteiger partial charge is 0.479 e. The Hall–Kier alpha value is -0.920. The summed E-state index contributed by atoms with van der Waals surface area (Å²) in [5.41, 5.74) is 2.37. The lowest BCUT2D eigenvalue weighted by Gasteiger charge is -2.06. The number of carbonyl (C=O) groups is 2. The Kier molecular flexibility index (Phi) is 4.91. The van der Waals surface area contributed by atoms with Gasteiger partial charge in [-0.1, -0.05) is 15.9 Å². The molecule has 2 N–H and O–H groups in total. The Morgan fingerprint density at radius 3 is 2.69 bits per heavy atom. The van der Waals surface area contributed by atoms with E-state index in [2.05, 4.69) is 36.7 Å². The van der Waals surface area contributed by atoms with Crippen LogP contribution in [0.2, 0.25) is 0 Å². The van der Waals surface area contributed by atoms with E-state index in [1.165, 1.54) is 0 Å². The van der Waals surface area contributed by atoms with Gasteiger partial charge in [-0.05, 0) is 34.1 Å². The minimum atomic E-state index is -1.16. The van der Waals surface area contributed by atoms with Crippen LogP contribution in [0.4, 0.5) is 0 Å². The molecule has 0 atom stereocenters. The lowest BCUT2D eigenvalue weighted by atomic mass is 10.2. The minimum absolute atomic E-state index is 0.347. The van der Waals surface area contributed by atoms with Gasteiger partial charge in [0.15, 0.2) is 6.61 Å². The lowest BCUT2D eigenvalue weighted by molar-refractivity contribution is -0.144. The maximum atomic E-state index is 11.5. The molecule has 0 unspecified atom stereocenters. The molecule has 0 saturated heterocycles. The van der Waals surface area contributed by atoms with Crippen LogP contribution >= 0.6 is 31.9 Å². The van der Waals surface area contributed by atoms with Gasteiger partial charge in [-0.3, -0.25) is 9.63 Å². The van der Waals surface area contributed by atoms with Crippen molar-refractivity contribution in [3.63, 3.8) is 0 Å². The number of carboxylic acid groups (broad SMARTS) is 1. The first-order valence-corrected chi connectivity index (χ1v) is 5.68. The normalized spacial score (nSPS) is 9.88. The lowest BCUT2D eigenvalue weighted by Crippen LogP contribution is -2.26. The Balaban J connectivity index is 2.65. The average Bonchev–Trinajstić information content (AvgIpc) is 2.21. The molecular formula is C9H7Br2NO4. The number of carbonyl (C=O) groups excluding carboxylic acids is 1. The number of nitrogens with one attached hydrogen (secondary N) is 1. The SMILES string of the molecule is O=C(O)CONC(=O)c1cc(Br)ccc1Br. The molecule has 0 saturated carbocycles. The van der Waals surface area contributed by atoms with Crippen molar-refractivity contribution in [3.05, 3.63) is 32.7 Å². The summed E-state index contributed by atoms with van der Waals surface area (Å²) in [6.07, 6.45) is 0. The standard InChI is InChI=1S/C9H7Br2NO4/c10-5-1-2-7(11)6(3-5)9(15)12-16-4-8(13)14/h1-3H,4H2,(H,12,15)(H,13,14). The molecule has 7 heteroatoms. The van der Waals surface area contributed by atoms with Crippen molar-refractivity contribution in [1.82, 2.24) is 5.48 Å². The Labute approximate surface area is 108 Å². The molecule has 0 aliphatic carbocycles. The van der Waals surface area contributed by atoms with E-state index in [1.807, 2.05) is 5.48 Å². The maximum Gasteiger partial charge on any atom is 0.332 e. The number of halogens is 2. The summed E-state index contributed by atoms with van der Waals surface area (Å²) in [6, 6.07) is 5.04. The molecule has 16 heavy (non-hydrogen) atoms. The molecule has 1 aromatic rings. The number of hydroxylamine groups is 1. The van der Waals surface area contributed by atoms with Crippen LogP contribution in [0.25, 0.3) is 0 Å². The Morgan fingerprint density at radius 2 is 2.06 bits per heavy atom. The van der Waals surface area contributed by atoms with E-state index in [0.29, 0.717) is 10.0 Å². The van der Waals surface area contributed by atoms with Crippen molar-refractivity contribution >= 4 is 43.7 Å². The molecular weight excluding hydrogens is 346 g/mol. The number of amides is 1. The van der Waals surface area contributed by atoms with Crippen LogP contribution in [-0.2, 0) is 9.63 Å². The third-order valence-corrected chi connectivity index (χ3v) is 2.72. The van der Waals surface area contributed by atoms with Crippen LogP contribution < -0.4 is 5.48 Å². The van der Waals surface area contributed by atoms with Gasteiger partial charge in [0.2, 0.25) is 0 Å². The van der Waals surface area contributed by atoms with Crippen LogP contribution in [-0.4, -0.2) is 23.6 Å². The van der Waals surface area contributed by atoms with Gasteiger partial charge in [0, 0.05) is 8.95 Å². The van der Waals surface area contributed by atoms with Gasteiger partial charge < -0.3 is 5.11 Å². The second-order valence-electron chi connectivity index (χ2n) is 2.74. The van der Waals surface area contributed by atoms with Crippen LogP contribution in [0.15, 0.2) is 27.1 Å². The molecule has 0 radical (unpaired) electrons. The van der Waals surface area contributed by atoms with Crippen LogP contribution in [0, 0.1) is 0 Å². The molecule has 0 spiro atoms. The van der Waals surface area contributed by atoms with Crippen LogP contribution in [0.5, 0.6) is 0 Å². The number of hydrogen-bond acceptors (Lipinski definition) is 3. The summed E-state index contributed by atoms with van der Waals surface area (Å²) in [6.45, 7) is -0.586. The summed E-state index contributed by atoms with van der Waals surface area (Å²) in [4.78, 5) is 26.1. The van der Waals surface area contributed by atoms with Gasteiger partial charge in [0.1, 0.15) is 0 Å². The van der Waals surface area contributed by atoms with E-state index >= 15 is 0 Å². The van der Waals surface area contributed by atoms with Crippen molar-refractivity contribution in [2.24, 2.45) is 0 Å². The second kappa shape index (κ2) is 5.97. The molecule has 0 aliphatic rings. The van der Waals surface area contributed by atoms with Crippen molar-refractivity contribution in [2.75, 3.05) is 6.61 Å². The van der Waals surface area contributed by atoms with E-state index in [0.717, 1.165) is 4.47 Å². The fourth-order valence-corrected chi connectivity index (χ4v) is 1.68. The summed E-state index contributed by atoms with van der Waals surface area (Å²) in [7, 11) is 0. The summed E-state index contributed by atoms with van der Waals surface area (Å²) in [5, 5.41) is 8.30. The average molecular weight is 353 g/mol. The molecule has 0 bridgehead atoms. The second-order valence-corrected chi connectivity index (χ2v) is 4.51. The predicted octanol–water partition coefficient (Wildman–Crippen LogP) is 1.96. The van der Waals surface area contributed by atoms with Crippen molar-refractivity contribution < 1.29 is 19.5 Å². The van der Waals surface area contributed by atoms with Gasteiger partial charge in [-0.15, -0.1) is 0 Å². The highest BCUT2D eigenvalue weighted by Crippen LogP contribution is 2.21. The number of rotatable bonds is 4. The third-order valence-electron chi connectivity index (χ3n) is 1.53. The van der Waals surface area contributed by atoms with Gasteiger partial charge in [-0.2, -0.15) is 0 Å². The highest BCUT2D eigenvalue weighted by atomic mass is 79.9. The maximum absolute atomic E-state index is 11.5. The Morgan fingerprint density at radius 1 is 1.38 bits per heavy atom. The number of aliphatic carboxylic acids is 1. The zero-order valence-electron chi connectivity index (χ0n) is 7.87. The van der Waals surface area contributed by atoms with E-state index in [-0.39, 0.29) is 0 Å². The van der Waals surface area contributed by atoms with Crippen LogP contribution in [0.1, 0.15) is 10.4 Å². The molecule has 0 aromatic heterocycles. The van der Waals surface area contributed by atoms with E-state index < -0.39 is 18.5 Å². The Bertz CT molecular complexity index is 422. The molecule has 86 valence electrons. The first-order chi connectivity index (χ1) is 7.50. The monoisotopic (exact) mass is 351 g/mol. The topological polar surface area (TPSA) is 75.6 Å². The quantitative estimate of drug-likeness (QED) is 0.812. The highest BCUT2D eigenvalue weighted by Gasteiger charge is 2.10. The molecule has 1 aromatic carbocycles. The van der Waals surface area contributed by atoms with Gasteiger partial charge in [0.05, 0.1) is 5.56 Å². The highest BCUT2D eigenvalue weighted by molar-refractivity contribution is 9.11. The van der Waals surface area contributed by atoms with E-state index in [4.69, 9.17) is 5.11 Å². The van der Waals surface area contributed by atoms with Gasteiger partial charge in [-0.25, -0.2) is 10.3 Å².